The van der Waals surface area contributed by atoms with Crippen LogP contribution in [-0.2, 0) is 0 Å². The molecule has 0 spiro atoms. The van der Waals surface area contributed by atoms with Crippen molar-refractivity contribution in [3.63, 3.8) is 0 Å². The number of rotatable bonds is 3. The van der Waals surface area contributed by atoms with Gasteiger partial charge in [-0.15, -0.1) is 12.4 Å². The van der Waals surface area contributed by atoms with Crippen LogP contribution in [0.15, 0.2) is 24.3 Å². The number of hydrogen-bond donors (Lipinski definition) is 0. The van der Waals surface area contributed by atoms with Gasteiger partial charge in [-0.1, -0.05) is 59.9 Å². The summed E-state index contributed by atoms with van der Waals surface area (Å²) >= 11 is 1.28. The van der Waals surface area contributed by atoms with Gasteiger partial charge in [0.15, 0.2) is 0 Å². The molecule has 0 heterocycles. The van der Waals surface area contributed by atoms with Crippen LogP contribution >= 0.6 is 12.4 Å². The lowest BCUT2D eigenvalue weighted by atomic mass is 10.1. The Morgan fingerprint density at radius 1 is 1.23 bits per heavy atom. The highest BCUT2D eigenvalue weighted by Crippen LogP contribution is 2.17. The van der Waals surface area contributed by atoms with Gasteiger partial charge in [0.05, 0.1) is 0 Å². The van der Waals surface area contributed by atoms with Gasteiger partial charge in [0.25, 0.3) is 0 Å². The Morgan fingerprint density at radius 3 is 2.23 bits per heavy atom. The fraction of sp³-hybridized carbons (Fsp3) is 0.455. The first-order valence-corrected chi connectivity index (χ1v) is 5.96. The second-order valence-corrected chi connectivity index (χ2v) is 4.99. The molecule has 2 heteroatoms. The molecular weight excluding hydrogens is 195 g/mol. The van der Waals surface area contributed by atoms with Gasteiger partial charge in [-0.05, 0) is 6.92 Å². The molecule has 1 aromatic rings. The Labute approximate surface area is 95.6 Å². The summed E-state index contributed by atoms with van der Waals surface area (Å²) in [5, 5.41) is 0. The molecule has 72 valence electrons. The van der Waals surface area contributed by atoms with Gasteiger partial charge in [-0.2, -0.15) is 0 Å². The van der Waals surface area contributed by atoms with Crippen molar-refractivity contribution in [3.05, 3.63) is 35.4 Å². The van der Waals surface area contributed by atoms with Crippen molar-refractivity contribution < 1.29 is 0 Å². The second-order valence-electron chi connectivity index (χ2n) is 3.60. The van der Waals surface area contributed by atoms with Crippen molar-refractivity contribution in [2.75, 3.05) is 0 Å². The van der Waals surface area contributed by atoms with Crippen LogP contribution in [0.2, 0.25) is 0 Å². The summed E-state index contributed by atoms with van der Waals surface area (Å²) in [5.41, 5.74) is 2.90. The Hall–Kier alpha value is 0.0425. The van der Waals surface area contributed by atoms with Crippen molar-refractivity contribution in [2.24, 2.45) is 0 Å². The first-order chi connectivity index (χ1) is 5.74. The number of halogens is 1. The van der Waals surface area contributed by atoms with Gasteiger partial charge in [-0.25, -0.2) is 0 Å². The van der Waals surface area contributed by atoms with E-state index in [4.69, 9.17) is 0 Å². The van der Waals surface area contributed by atoms with Crippen molar-refractivity contribution in [3.8, 4) is 0 Å². The molecule has 0 saturated carbocycles. The summed E-state index contributed by atoms with van der Waals surface area (Å²) in [5.74, 6) is 0. The maximum absolute atomic E-state index is 2.28. The molecule has 0 nitrogen and oxygen atoms in total. The molecule has 0 aliphatic rings. The third kappa shape index (κ3) is 4.18. The van der Waals surface area contributed by atoms with E-state index in [1.165, 1.54) is 40.3 Å². The van der Waals surface area contributed by atoms with Gasteiger partial charge in [0, 0.05) is 0 Å². The maximum Gasteiger partial charge on any atom is 0.223 e. The van der Waals surface area contributed by atoms with E-state index in [0.717, 1.165) is 4.78 Å². The molecule has 0 aromatic heterocycles. The number of benzene rings is 1. The number of aryl methyl sites for hydroxylation is 1. The smallest absolute Gasteiger partial charge is 0.147 e. The summed E-state index contributed by atoms with van der Waals surface area (Å²) < 4.78 is 0.857. The summed E-state index contributed by atoms with van der Waals surface area (Å²) in [6, 6.07) is 9.00. The van der Waals surface area contributed by atoms with E-state index in [2.05, 4.69) is 38.1 Å². The summed E-state index contributed by atoms with van der Waals surface area (Å²) in [6.45, 7) is 4.41. The topological polar surface area (TPSA) is 0 Å². The highest BCUT2D eigenvalue weighted by Gasteiger charge is 2.02. The summed E-state index contributed by atoms with van der Waals surface area (Å²) in [7, 11) is 0. The molecule has 13 heavy (non-hydrogen) atoms. The normalized spacial score (nSPS) is 11.8. The molecule has 1 aromatic carbocycles. The van der Waals surface area contributed by atoms with Crippen LogP contribution < -0.4 is 0 Å². The Bertz CT molecular complexity index is 230. The van der Waals surface area contributed by atoms with E-state index in [1.807, 2.05) is 0 Å². The van der Waals surface area contributed by atoms with Crippen LogP contribution in [0.4, 0.5) is 0 Å². The molecule has 0 aliphatic heterocycles. The number of hydrogen-bond acceptors (Lipinski definition) is 0. The third-order valence-corrected chi connectivity index (χ3v) is 3.61. The van der Waals surface area contributed by atoms with Crippen LogP contribution in [0.3, 0.4) is 0 Å². The minimum atomic E-state index is 0. The second kappa shape index (κ2) is 6.49. The SMILES string of the molecule is CCC[CH]([AlH2])c1ccc(C)cc1.Cl. The van der Waals surface area contributed by atoms with Gasteiger partial charge < -0.3 is 0 Å². The lowest BCUT2D eigenvalue weighted by molar-refractivity contribution is 0.769. The van der Waals surface area contributed by atoms with E-state index in [9.17, 15) is 0 Å². The van der Waals surface area contributed by atoms with Crippen LogP contribution in [0, 0.1) is 6.92 Å². The molecular formula is C11H18AlCl. The van der Waals surface area contributed by atoms with E-state index in [1.54, 1.807) is 0 Å². The predicted octanol–water partition coefficient (Wildman–Crippen LogP) is 2.89. The van der Waals surface area contributed by atoms with Gasteiger partial charge in [0.1, 0.15) is 0 Å². The standard InChI is InChI=1S/C11H15.Al.ClH.2H/c1-3-4-5-11-8-6-10(2)7-9-11;;;;/h5-9H,3-4H2,1-2H3;;1H;;. The molecule has 0 N–H and O–H groups in total. The first kappa shape index (κ1) is 13.0. The molecule has 0 fully saturated rings. The maximum atomic E-state index is 2.28. The zero-order valence-corrected chi connectivity index (χ0v) is 11.5. The van der Waals surface area contributed by atoms with Crippen molar-refractivity contribution in [2.45, 2.75) is 31.5 Å². The molecule has 0 aliphatic carbocycles. The van der Waals surface area contributed by atoms with E-state index in [0.29, 0.717) is 0 Å². The first-order valence-electron chi connectivity index (χ1n) is 4.80. The van der Waals surface area contributed by atoms with Gasteiger partial charge >= 0.3 is 0 Å². The minimum absolute atomic E-state index is 0. The van der Waals surface area contributed by atoms with Crippen molar-refractivity contribution in [1.82, 2.24) is 0 Å². The van der Waals surface area contributed by atoms with Crippen LogP contribution in [0.25, 0.3) is 0 Å². The quantitative estimate of drug-likeness (QED) is 0.676. The molecule has 1 atom stereocenters. The van der Waals surface area contributed by atoms with E-state index >= 15 is 0 Å². The summed E-state index contributed by atoms with van der Waals surface area (Å²) in [4.78, 5) is 0. The Morgan fingerprint density at radius 2 is 1.77 bits per heavy atom. The molecule has 1 rings (SSSR count). The van der Waals surface area contributed by atoms with Crippen LogP contribution in [-0.4, -0.2) is 16.3 Å². The lowest BCUT2D eigenvalue weighted by Gasteiger charge is -2.10. The predicted molar refractivity (Wildman–Crippen MR) is 64.6 cm³/mol. The van der Waals surface area contributed by atoms with Crippen molar-refractivity contribution in [1.29, 1.82) is 0 Å². The van der Waals surface area contributed by atoms with Gasteiger partial charge in [-0.3, -0.25) is 0 Å². The average Bonchev–Trinajstić information content (AvgIpc) is 2.06. The zero-order chi connectivity index (χ0) is 8.97. The van der Waals surface area contributed by atoms with Crippen LogP contribution in [0.5, 0.6) is 0 Å². The summed E-state index contributed by atoms with van der Waals surface area (Å²) in [6.07, 6.45) is 2.66. The van der Waals surface area contributed by atoms with Crippen molar-refractivity contribution >= 4 is 28.7 Å². The zero-order valence-electron chi connectivity index (χ0n) is 8.71. The molecule has 0 bridgehead atoms. The van der Waals surface area contributed by atoms with E-state index < -0.39 is 0 Å². The Kier molecular flexibility index (Phi) is 6.51. The highest BCUT2D eigenvalue weighted by atomic mass is 35.5. The van der Waals surface area contributed by atoms with Crippen LogP contribution in [0.1, 0.15) is 35.7 Å². The molecule has 0 saturated heterocycles. The minimum Gasteiger partial charge on any atom is -0.147 e. The average molecular weight is 213 g/mol. The molecule has 0 amide bonds. The monoisotopic (exact) mass is 212 g/mol. The molecule has 1 unspecified atom stereocenters. The Balaban J connectivity index is 0.00000144. The van der Waals surface area contributed by atoms with Gasteiger partial charge in [0.2, 0.25) is 16.3 Å². The lowest BCUT2D eigenvalue weighted by Crippen LogP contribution is -1.96. The largest absolute Gasteiger partial charge is 0.223 e. The molecule has 0 radical (unpaired) electrons. The fourth-order valence-corrected chi connectivity index (χ4v) is 2.46. The van der Waals surface area contributed by atoms with E-state index in [-0.39, 0.29) is 12.4 Å². The third-order valence-electron chi connectivity index (χ3n) is 2.37. The fourth-order valence-electron chi connectivity index (χ4n) is 1.49. The highest BCUT2D eigenvalue weighted by molar-refractivity contribution is 6.12.